The first-order valence-corrected chi connectivity index (χ1v) is 8.24. The van der Waals surface area contributed by atoms with E-state index in [9.17, 15) is 0 Å². The highest BCUT2D eigenvalue weighted by molar-refractivity contribution is 7.13. The Kier molecular flexibility index (Phi) is 5.25. The molecule has 0 fully saturated rings. The van der Waals surface area contributed by atoms with E-state index in [4.69, 9.17) is 11.6 Å². The first-order chi connectivity index (χ1) is 9.83. The van der Waals surface area contributed by atoms with Gasteiger partial charge in [-0.1, -0.05) is 23.7 Å². The van der Waals surface area contributed by atoms with Crippen LogP contribution in [0.25, 0.3) is 0 Å². The zero-order valence-corrected chi connectivity index (χ0v) is 14.6. The number of hydrogen-bond donors (Lipinski definition) is 1. The lowest BCUT2D eigenvalue weighted by Gasteiger charge is -2.19. The van der Waals surface area contributed by atoms with E-state index in [1.807, 2.05) is 12.1 Å². The van der Waals surface area contributed by atoms with E-state index < -0.39 is 0 Å². The maximum Gasteiger partial charge on any atom is 0.185 e. The maximum atomic E-state index is 5.91. The van der Waals surface area contributed by atoms with Gasteiger partial charge in [-0.15, -0.1) is 11.3 Å². The molecular weight excluding hydrogens is 302 g/mol. The van der Waals surface area contributed by atoms with Crippen molar-refractivity contribution in [3.8, 4) is 0 Å². The minimum atomic E-state index is 0.110. The molecule has 1 N–H and O–H groups in total. The normalized spacial score (nSPS) is 11.7. The third kappa shape index (κ3) is 5.30. The highest BCUT2D eigenvalue weighted by Gasteiger charge is 2.11. The monoisotopic (exact) mass is 323 g/mol. The van der Waals surface area contributed by atoms with Crippen LogP contribution in [0, 0.1) is 0 Å². The first kappa shape index (κ1) is 16.3. The predicted molar refractivity (Wildman–Crippen MR) is 92.3 cm³/mol. The van der Waals surface area contributed by atoms with Gasteiger partial charge in [0.05, 0.1) is 5.69 Å². The summed E-state index contributed by atoms with van der Waals surface area (Å²) in [6, 6.07) is 7.94. The number of nitrogens with one attached hydrogen (secondary N) is 1. The molecule has 5 heteroatoms. The minimum absolute atomic E-state index is 0.110. The molecule has 0 aliphatic carbocycles. The summed E-state index contributed by atoms with van der Waals surface area (Å²) in [5.74, 6) is 0. The number of anilines is 1. The third-order valence-corrected chi connectivity index (χ3v) is 4.25. The molecule has 0 unspecified atom stereocenters. The molecular formula is C16H22ClN3S. The maximum absolute atomic E-state index is 5.91. The van der Waals surface area contributed by atoms with Crippen molar-refractivity contribution in [1.82, 2.24) is 10.3 Å². The van der Waals surface area contributed by atoms with Crippen LogP contribution in [0.2, 0.25) is 5.02 Å². The molecule has 0 atom stereocenters. The largest absolute Gasteiger partial charge is 0.347 e. The van der Waals surface area contributed by atoms with E-state index in [2.05, 4.69) is 60.5 Å². The Morgan fingerprint density at radius 1 is 1.24 bits per heavy atom. The summed E-state index contributed by atoms with van der Waals surface area (Å²) < 4.78 is 0. The lowest BCUT2D eigenvalue weighted by molar-refractivity contribution is 0.422. The second kappa shape index (κ2) is 6.77. The minimum Gasteiger partial charge on any atom is -0.347 e. The summed E-state index contributed by atoms with van der Waals surface area (Å²) in [7, 11) is 2.06. The zero-order valence-electron chi connectivity index (χ0n) is 13.0. The Morgan fingerprint density at radius 3 is 2.52 bits per heavy atom. The molecule has 0 spiro atoms. The Hall–Kier alpha value is -1.10. The summed E-state index contributed by atoms with van der Waals surface area (Å²) in [5.41, 5.74) is 2.43. The fourth-order valence-corrected chi connectivity index (χ4v) is 2.76. The quantitative estimate of drug-likeness (QED) is 0.888. The van der Waals surface area contributed by atoms with E-state index in [1.54, 1.807) is 11.3 Å². The van der Waals surface area contributed by atoms with Crippen molar-refractivity contribution in [2.24, 2.45) is 0 Å². The van der Waals surface area contributed by atoms with Crippen molar-refractivity contribution >= 4 is 28.1 Å². The number of thiazole rings is 1. The second-order valence-electron chi connectivity index (χ2n) is 6.21. The van der Waals surface area contributed by atoms with Gasteiger partial charge in [0.2, 0.25) is 0 Å². The van der Waals surface area contributed by atoms with Crippen LogP contribution < -0.4 is 10.2 Å². The van der Waals surface area contributed by atoms with Gasteiger partial charge in [0, 0.05) is 36.1 Å². The number of halogens is 1. The molecule has 0 saturated heterocycles. The average Bonchev–Trinajstić information content (AvgIpc) is 2.87. The van der Waals surface area contributed by atoms with Crippen molar-refractivity contribution in [3.63, 3.8) is 0 Å². The lowest BCUT2D eigenvalue weighted by atomic mass is 10.1. The summed E-state index contributed by atoms with van der Waals surface area (Å²) in [6.07, 6.45) is 0. The van der Waals surface area contributed by atoms with Crippen molar-refractivity contribution in [1.29, 1.82) is 0 Å². The van der Waals surface area contributed by atoms with E-state index in [1.165, 1.54) is 5.56 Å². The number of aromatic nitrogens is 1. The molecule has 0 amide bonds. The van der Waals surface area contributed by atoms with E-state index in [0.29, 0.717) is 0 Å². The Morgan fingerprint density at radius 2 is 1.90 bits per heavy atom. The molecule has 0 radical (unpaired) electrons. The molecule has 0 saturated carbocycles. The Bertz CT molecular complexity index is 572. The van der Waals surface area contributed by atoms with Crippen LogP contribution in [-0.2, 0) is 13.1 Å². The molecule has 114 valence electrons. The molecule has 2 rings (SSSR count). The third-order valence-electron chi connectivity index (χ3n) is 3.00. The smallest absolute Gasteiger partial charge is 0.185 e. The van der Waals surface area contributed by atoms with Crippen molar-refractivity contribution in [2.75, 3.05) is 11.9 Å². The van der Waals surface area contributed by atoms with Crippen LogP contribution in [0.3, 0.4) is 0 Å². The molecule has 1 aromatic carbocycles. The van der Waals surface area contributed by atoms with Gasteiger partial charge in [-0.2, -0.15) is 0 Å². The molecule has 0 bridgehead atoms. The van der Waals surface area contributed by atoms with Crippen LogP contribution >= 0.6 is 22.9 Å². The van der Waals surface area contributed by atoms with Gasteiger partial charge in [0.15, 0.2) is 5.13 Å². The number of nitrogens with zero attached hydrogens (tertiary/aromatic N) is 2. The standard InChI is InChI=1S/C16H22ClN3S/c1-16(2,3)18-9-14-11-21-15(19-14)20(4)10-12-5-7-13(17)8-6-12/h5-8,11,18H,9-10H2,1-4H3. The van der Waals surface area contributed by atoms with E-state index in [0.717, 1.165) is 28.9 Å². The van der Waals surface area contributed by atoms with E-state index in [-0.39, 0.29) is 5.54 Å². The fraction of sp³-hybridized carbons (Fsp3) is 0.438. The lowest BCUT2D eigenvalue weighted by Crippen LogP contribution is -2.35. The molecule has 1 heterocycles. The molecule has 2 aromatic rings. The van der Waals surface area contributed by atoms with Gasteiger partial charge in [0.1, 0.15) is 0 Å². The van der Waals surface area contributed by atoms with Crippen molar-refractivity contribution < 1.29 is 0 Å². The highest BCUT2D eigenvalue weighted by atomic mass is 35.5. The number of rotatable bonds is 5. The first-order valence-electron chi connectivity index (χ1n) is 6.98. The number of benzene rings is 1. The molecule has 0 aliphatic rings. The van der Waals surface area contributed by atoms with Crippen LogP contribution in [-0.4, -0.2) is 17.6 Å². The van der Waals surface area contributed by atoms with Crippen LogP contribution in [0.5, 0.6) is 0 Å². The molecule has 1 aromatic heterocycles. The summed E-state index contributed by atoms with van der Waals surface area (Å²) >= 11 is 7.59. The van der Waals surface area contributed by atoms with Crippen molar-refractivity contribution in [3.05, 3.63) is 45.9 Å². The van der Waals surface area contributed by atoms with Gasteiger partial charge in [-0.3, -0.25) is 0 Å². The highest BCUT2D eigenvalue weighted by Crippen LogP contribution is 2.22. The zero-order chi connectivity index (χ0) is 15.5. The summed E-state index contributed by atoms with van der Waals surface area (Å²) in [6.45, 7) is 8.11. The van der Waals surface area contributed by atoms with Gasteiger partial charge in [-0.25, -0.2) is 4.98 Å². The van der Waals surface area contributed by atoms with Gasteiger partial charge < -0.3 is 10.2 Å². The number of hydrogen-bond acceptors (Lipinski definition) is 4. The molecule has 0 aliphatic heterocycles. The Balaban J connectivity index is 1.95. The summed E-state index contributed by atoms with van der Waals surface area (Å²) in [5, 5.41) is 7.38. The average molecular weight is 324 g/mol. The van der Waals surface area contributed by atoms with Gasteiger partial charge >= 0.3 is 0 Å². The molecule has 3 nitrogen and oxygen atoms in total. The van der Waals surface area contributed by atoms with Crippen LogP contribution in [0.4, 0.5) is 5.13 Å². The summed E-state index contributed by atoms with van der Waals surface area (Å²) in [4.78, 5) is 6.84. The predicted octanol–water partition coefficient (Wildman–Crippen LogP) is 4.32. The molecule has 21 heavy (non-hydrogen) atoms. The van der Waals surface area contributed by atoms with Crippen LogP contribution in [0.15, 0.2) is 29.6 Å². The fourth-order valence-electron chi connectivity index (χ4n) is 1.84. The Labute approximate surface area is 136 Å². The van der Waals surface area contributed by atoms with Gasteiger partial charge in [0.25, 0.3) is 0 Å². The second-order valence-corrected chi connectivity index (χ2v) is 7.48. The topological polar surface area (TPSA) is 28.2 Å². The van der Waals surface area contributed by atoms with E-state index >= 15 is 0 Å². The van der Waals surface area contributed by atoms with Gasteiger partial charge in [-0.05, 0) is 38.5 Å². The van der Waals surface area contributed by atoms with Crippen LogP contribution in [0.1, 0.15) is 32.0 Å². The SMILES string of the molecule is CN(Cc1ccc(Cl)cc1)c1nc(CNC(C)(C)C)cs1. The van der Waals surface area contributed by atoms with Crippen molar-refractivity contribution in [2.45, 2.75) is 39.4 Å².